The number of aromatic nitrogens is 2. The summed E-state index contributed by atoms with van der Waals surface area (Å²) in [5.41, 5.74) is 2.37. The van der Waals surface area contributed by atoms with Gasteiger partial charge in [0.2, 0.25) is 5.91 Å². The van der Waals surface area contributed by atoms with E-state index in [1.54, 1.807) is 0 Å². The summed E-state index contributed by atoms with van der Waals surface area (Å²) in [6.07, 6.45) is 6.68. The monoisotopic (exact) mass is 313 g/mol. The zero-order valence-corrected chi connectivity index (χ0v) is 13.6. The van der Waals surface area contributed by atoms with Gasteiger partial charge in [0, 0.05) is 57.0 Å². The van der Waals surface area contributed by atoms with Crippen LogP contribution in [0.2, 0.25) is 0 Å². The largest absolute Gasteiger partial charge is 0.381 e. The number of ether oxygens (including phenoxy) is 1. The molecule has 0 spiro atoms. The molecule has 4 rings (SSSR count). The van der Waals surface area contributed by atoms with Gasteiger partial charge in [0.25, 0.3) is 0 Å². The first-order valence-electron chi connectivity index (χ1n) is 8.48. The van der Waals surface area contributed by atoms with Gasteiger partial charge in [0.1, 0.15) is 0 Å². The van der Waals surface area contributed by atoms with Crippen molar-refractivity contribution in [1.82, 2.24) is 14.5 Å². The Bertz CT molecular complexity index is 712. The highest BCUT2D eigenvalue weighted by Crippen LogP contribution is 2.27. The van der Waals surface area contributed by atoms with Crippen LogP contribution in [0.5, 0.6) is 0 Å². The summed E-state index contributed by atoms with van der Waals surface area (Å²) >= 11 is 0. The van der Waals surface area contributed by atoms with E-state index in [0.717, 1.165) is 51.3 Å². The molecule has 2 aliphatic rings. The number of amides is 1. The van der Waals surface area contributed by atoms with Crippen molar-refractivity contribution in [3.63, 3.8) is 0 Å². The Morgan fingerprint density at radius 2 is 2.09 bits per heavy atom. The Kier molecular flexibility index (Phi) is 3.81. The van der Waals surface area contributed by atoms with Gasteiger partial charge in [0.15, 0.2) is 0 Å². The number of nitrogens with zero attached hydrogens (tertiary/aromatic N) is 3. The predicted molar refractivity (Wildman–Crippen MR) is 88.0 cm³/mol. The fourth-order valence-electron chi connectivity index (χ4n) is 3.83. The molecule has 0 atom stereocenters. The summed E-state index contributed by atoms with van der Waals surface area (Å²) in [5.74, 6) is 1.04. The van der Waals surface area contributed by atoms with E-state index in [1.807, 2.05) is 11.1 Å². The molecule has 23 heavy (non-hydrogen) atoms. The number of pyridine rings is 1. The number of carbonyl (C=O) groups excluding carboxylic acids is 1. The molecule has 0 aromatic carbocycles. The maximum absolute atomic E-state index is 12.5. The van der Waals surface area contributed by atoms with E-state index in [1.165, 1.54) is 10.9 Å². The molecule has 0 aliphatic carbocycles. The van der Waals surface area contributed by atoms with Crippen LogP contribution in [0.15, 0.2) is 24.5 Å². The first kappa shape index (κ1) is 14.7. The number of aryl methyl sites for hydroxylation is 1. The van der Waals surface area contributed by atoms with Crippen molar-refractivity contribution in [1.29, 1.82) is 0 Å². The molecule has 4 heterocycles. The minimum absolute atomic E-state index is 0.180. The molecule has 0 bridgehead atoms. The molecule has 1 amide bonds. The molecule has 0 radical (unpaired) electrons. The Balaban J connectivity index is 1.38. The van der Waals surface area contributed by atoms with Gasteiger partial charge < -0.3 is 14.2 Å². The van der Waals surface area contributed by atoms with Crippen molar-refractivity contribution in [2.24, 2.45) is 18.9 Å². The number of likely N-dealkylation sites (tertiary alicyclic amines) is 1. The van der Waals surface area contributed by atoms with E-state index in [9.17, 15) is 4.79 Å². The fraction of sp³-hybridized carbons (Fsp3) is 0.556. The van der Waals surface area contributed by atoms with E-state index < -0.39 is 0 Å². The molecule has 5 nitrogen and oxygen atoms in total. The van der Waals surface area contributed by atoms with Crippen LogP contribution in [-0.2, 0) is 23.0 Å². The minimum atomic E-state index is 0.180. The van der Waals surface area contributed by atoms with E-state index in [-0.39, 0.29) is 5.92 Å². The van der Waals surface area contributed by atoms with Gasteiger partial charge in [-0.1, -0.05) is 0 Å². The number of carbonyl (C=O) groups is 1. The molecule has 2 aromatic rings. The molecule has 0 unspecified atom stereocenters. The Morgan fingerprint density at radius 1 is 1.30 bits per heavy atom. The SMILES string of the molecule is Cn1ccc2ccnc(CC3CN(C(=O)C4CCOCC4)C3)c21. The summed E-state index contributed by atoms with van der Waals surface area (Å²) in [4.78, 5) is 19.1. The fourth-order valence-corrected chi connectivity index (χ4v) is 3.83. The van der Waals surface area contributed by atoms with Gasteiger partial charge >= 0.3 is 0 Å². The third kappa shape index (κ3) is 2.74. The lowest BCUT2D eigenvalue weighted by atomic mass is 9.90. The first-order chi connectivity index (χ1) is 11.2. The molecule has 2 fully saturated rings. The summed E-state index contributed by atoms with van der Waals surface area (Å²) in [7, 11) is 2.06. The molecular weight excluding hydrogens is 290 g/mol. The van der Waals surface area contributed by atoms with Crippen LogP contribution in [0.4, 0.5) is 0 Å². The number of hydrogen-bond donors (Lipinski definition) is 0. The molecule has 2 aliphatic heterocycles. The highest BCUT2D eigenvalue weighted by atomic mass is 16.5. The summed E-state index contributed by atoms with van der Waals surface area (Å²) < 4.78 is 7.48. The molecule has 2 aromatic heterocycles. The second-order valence-electron chi connectivity index (χ2n) is 6.82. The summed E-state index contributed by atoms with van der Waals surface area (Å²) in [6.45, 7) is 3.21. The lowest BCUT2D eigenvalue weighted by molar-refractivity contribution is -0.145. The van der Waals surface area contributed by atoms with Crippen LogP contribution in [0, 0.1) is 11.8 Å². The van der Waals surface area contributed by atoms with Gasteiger partial charge in [-0.25, -0.2) is 0 Å². The zero-order chi connectivity index (χ0) is 15.8. The maximum atomic E-state index is 12.5. The van der Waals surface area contributed by atoms with Gasteiger partial charge in [-0.05, 0) is 37.3 Å². The standard InChI is InChI=1S/C18H23N3O2/c1-20-7-3-14-2-6-19-16(17(14)20)10-13-11-21(12-13)18(22)15-4-8-23-9-5-15/h2-3,6-7,13,15H,4-5,8-12H2,1H3. The lowest BCUT2D eigenvalue weighted by Crippen LogP contribution is -2.53. The number of rotatable bonds is 3. The van der Waals surface area contributed by atoms with Crippen LogP contribution in [0.1, 0.15) is 18.5 Å². The Labute approximate surface area is 136 Å². The molecule has 5 heteroatoms. The first-order valence-corrected chi connectivity index (χ1v) is 8.48. The number of fused-ring (bicyclic) bond motifs is 1. The Hall–Kier alpha value is -1.88. The lowest BCUT2D eigenvalue weighted by Gasteiger charge is -2.41. The van der Waals surface area contributed by atoms with Crippen LogP contribution in [-0.4, -0.2) is 46.7 Å². The van der Waals surface area contributed by atoms with Crippen molar-refractivity contribution < 1.29 is 9.53 Å². The molecule has 0 N–H and O–H groups in total. The normalized spacial score (nSPS) is 20.0. The van der Waals surface area contributed by atoms with Gasteiger partial charge in [0.05, 0.1) is 11.2 Å². The van der Waals surface area contributed by atoms with E-state index in [2.05, 4.69) is 34.9 Å². The van der Waals surface area contributed by atoms with Crippen molar-refractivity contribution in [3.8, 4) is 0 Å². The van der Waals surface area contributed by atoms with Gasteiger partial charge in [-0.15, -0.1) is 0 Å². The van der Waals surface area contributed by atoms with E-state index in [0.29, 0.717) is 11.8 Å². The Morgan fingerprint density at radius 3 is 2.87 bits per heavy atom. The smallest absolute Gasteiger partial charge is 0.225 e. The molecule has 122 valence electrons. The highest BCUT2D eigenvalue weighted by Gasteiger charge is 2.35. The second-order valence-corrected chi connectivity index (χ2v) is 6.82. The highest BCUT2D eigenvalue weighted by molar-refractivity contribution is 5.82. The second kappa shape index (κ2) is 5.96. The third-order valence-corrected chi connectivity index (χ3v) is 5.18. The van der Waals surface area contributed by atoms with Gasteiger partial charge in [-0.2, -0.15) is 0 Å². The topological polar surface area (TPSA) is 47.4 Å². The average Bonchev–Trinajstić information content (AvgIpc) is 2.93. The number of hydrogen-bond acceptors (Lipinski definition) is 3. The zero-order valence-electron chi connectivity index (χ0n) is 13.6. The van der Waals surface area contributed by atoms with E-state index >= 15 is 0 Å². The van der Waals surface area contributed by atoms with Crippen LogP contribution in [0.3, 0.4) is 0 Å². The minimum Gasteiger partial charge on any atom is -0.381 e. The van der Waals surface area contributed by atoms with Crippen molar-refractivity contribution in [2.75, 3.05) is 26.3 Å². The van der Waals surface area contributed by atoms with Crippen LogP contribution < -0.4 is 0 Å². The predicted octanol–water partition coefficient (Wildman–Crippen LogP) is 2.00. The van der Waals surface area contributed by atoms with Crippen molar-refractivity contribution >= 4 is 16.8 Å². The summed E-state index contributed by atoms with van der Waals surface area (Å²) in [5, 5.41) is 1.24. The average molecular weight is 313 g/mol. The van der Waals surface area contributed by atoms with Gasteiger partial charge in [-0.3, -0.25) is 9.78 Å². The molecule has 0 saturated carbocycles. The third-order valence-electron chi connectivity index (χ3n) is 5.18. The maximum Gasteiger partial charge on any atom is 0.225 e. The van der Waals surface area contributed by atoms with E-state index in [4.69, 9.17) is 4.74 Å². The summed E-state index contributed by atoms with van der Waals surface area (Å²) in [6, 6.07) is 4.18. The van der Waals surface area contributed by atoms with Crippen LogP contribution in [0.25, 0.3) is 10.9 Å². The quantitative estimate of drug-likeness (QED) is 0.871. The van der Waals surface area contributed by atoms with Crippen molar-refractivity contribution in [3.05, 3.63) is 30.2 Å². The van der Waals surface area contributed by atoms with Crippen LogP contribution >= 0.6 is 0 Å². The molecule has 2 saturated heterocycles. The molecular formula is C18H23N3O2. The van der Waals surface area contributed by atoms with Crippen molar-refractivity contribution in [2.45, 2.75) is 19.3 Å².